The average Bonchev–Trinajstić information content (AvgIpc) is 2.72. The Hall–Kier alpha value is -3.51. The summed E-state index contributed by atoms with van der Waals surface area (Å²) in [5, 5.41) is 0.510. The van der Waals surface area contributed by atoms with Crippen LogP contribution in [0.1, 0.15) is 36.6 Å². The third-order valence-electron chi connectivity index (χ3n) is 3.74. The van der Waals surface area contributed by atoms with Crippen molar-refractivity contribution in [2.24, 2.45) is 0 Å². The highest BCUT2D eigenvalue weighted by Crippen LogP contribution is 2.17. The second-order valence-electron chi connectivity index (χ2n) is 5.53. The summed E-state index contributed by atoms with van der Waals surface area (Å²) < 4.78 is 0. The van der Waals surface area contributed by atoms with Crippen molar-refractivity contribution in [2.45, 2.75) is 0 Å². The summed E-state index contributed by atoms with van der Waals surface area (Å²) in [7, 11) is 0. The molecule has 6 nitrogen and oxygen atoms in total. The van der Waals surface area contributed by atoms with Crippen LogP contribution in [0.15, 0.2) is 73.1 Å². The summed E-state index contributed by atoms with van der Waals surface area (Å²) >= 11 is 5.85. The Bertz CT molecular complexity index is 989. The highest BCUT2D eigenvalue weighted by atomic mass is 35.5. The molecule has 0 aliphatic rings. The van der Waals surface area contributed by atoms with Crippen molar-refractivity contribution in [3.8, 4) is 0 Å². The molecule has 0 radical (unpaired) electrons. The standard InChI is InChI=1S/C20H14ClN3O3/c21-15-9-7-13(8-10-15)18(25)16-5-1-2-6-17(16)20(27)24-23-19(26)14-4-3-11-22-12-14/h1-12H,(H,23,26)(H,24,27). The van der Waals surface area contributed by atoms with Crippen LogP contribution in [0.2, 0.25) is 5.02 Å². The van der Waals surface area contributed by atoms with Gasteiger partial charge in [0.2, 0.25) is 0 Å². The minimum Gasteiger partial charge on any atom is -0.289 e. The molecule has 0 aliphatic heterocycles. The minimum absolute atomic E-state index is 0.143. The summed E-state index contributed by atoms with van der Waals surface area (Å²) in [6.45, 7) is 0. The number of nitrogens with zero attached hydrogens (tertiary/aromatic N) is 1. The highest BCUT2D eigenvalue weighted by Gasteiger charge is 2.18. The smallest absolute Gasteiger partial charge is 0.271 e. The first-order valence-electron chi connectivity index (χ1n) is 7.96. The van der Waals surface area contributed by atoms with Gasteiger partial charge < -0.3 is 0 Å². The zero-order valence-electron chi connectivity index (χ0n) is 14.0. The van der Waals surface area contributed by atoms with Gasteiger partial charge in [-0.1, -0.05) is 29.8 Å². The van der Waals surface area contributed by atoms with Gasteiger partial charge >= 0.3 is 0 Å². The number of rotatable bonds is 4. The van der Waals surface area contributed by atoms with Crippen molar-refractivity contribution < 1.29 is 14.4 Å². The fourth-order valence-electron chi connectivity index (χ4n) is 2.39. The molecule has 0 aliphatic carbocycles. The molecule has 0 saturated carbocycles. The van der Waals surface area contributed by atoms with Gasteiger partial charge in [-0.2, -0.15) is 0 Å². The van der Waals surface area contributed by atoms with E-state index in [2.05, 4.69) is 15.8 Å². The molecule has 27 heavy (non-hydrogen) atoms. The largest absolute Gasteiger partial charge is 0.289 e. The zero-order valence-corrected chi connectivity index (χ0v) is 14.7. The van der Waals surface area contributed by atoms with Crippen molar-refractivity contribution in [1.29, 1.82) is 0 Å². The van der Waals surface area contributed by atoms with Gasteiger partial charge in [0.15, 0.2) is 5.78 Å². The molecule has 0 atom stereocenters. The van der Waals surface area contributed by atoms with Crippen LogP contribution in [-0.2, 0) is 0 Å². The van der Waals surface area contributed by atoms with Crippen LogP contribution < -0.4 is 10.9 Å². The summed E-state index contributed by atoms with van der Waals surface area (Å²) in [6, 6.07) is 15.9. The molecule has 0 bridgehead atoms. The maximum atomic E-state index is 12.7. The van der Waals surface area contributed by atoms with E-state index in [1.54, 1.807) is 54.6 Å². The van der Waals surface area contributed by atoms with Crippen molar-refractivity contribution in [3.05, 3.63) is 100 Å². The molecular weight excluding hydrogens is 366 g/mol. The number of hydrazine groups is 1. The van der Waals surface area contributed by atoms with Crippen LogP contribution in [0.5, 0.6) is 0 Å². The average molecular weight is 380 g/mol. The maximum absolute atomic E-state index is 12.7. The van der Waals surface area contributed by atoms with Gasteiger partial charge in [0.1, 0.15) is 0 Å². The third-order valence-corrected chi connectivity index (χ3v) is 3.99. The van der Waals surface area contributed by atoms with E-state index in [0.29, 0.717) is 16.1 Å². The summed E-state index contributed by atoms with van der Waals surface area (Å²) in [4.78, 5) is 41.0. The Labute approximate surface area is 160 Å². The predicted octanol–water partition coefficient (Wildman–Crippen LogP) is 3.04. The molecule has 0 spiro atoms. The van der Waals surface area contributed by atoms with Crippen LogP contribution in [0.25, 0.3) is 0 Å². The number of carbonyl (C=O) groups is 3. The Morgan fingerprint density at radius 2 is 1.41 bits per heavy atom. The summed E-state index contributed by atoms with van der Waals surface area (Å²) in [5.74, 6) is -1.45. The maximum Gasteiger partial charge on any atom is 0.271 e. The molecule has 0 unspecified atom stereocenters. The van der Waals surface area contributed by atoms with E-state index in [9.17, 15) is 14.4 Å². The fraction of sp³-hybridized carbons (Fsp3) is 0. The predicted molar refractivity (Wildman–Crippen MR) is 100 cm³/mol. The van der Waals surface area contributed by atoms with Crippen LogP contribution in [-0.4, -0.2) is 22.6 Å². The highest BCUT2D eigenvalue weighted by molar-refractivity contribution is 6.30. The molecular formula is C20H14ClN3O3. The van der Waals surface area contributed by atoms with Gasteiger partial charge in [-0.3, -0.25) is 30.2 Å². The van der Waals surface area contributed by atoms with Gasteiger partial charge in [0.05, 0.1) is 11.1 Å². The number of aromatic nitrogens is 1. The topological polar surface area (TPSA) is 88.2 Å². The Morgan fingerprint density at radius 3 is 2.07 bits per heavy atom. The number of hydrogen-bond acceptors (Lipinski definition) is 4. The second-order valence-corrected chi connectivity index (χ2v) is 5.97. The molecule has 2 N–H and O–H groups in total. The van der Waals surface area contributed by atoms with Gasteiger partial charge in [-0.05, 0) is 42.5 Å². The molecule has 0 saturated heterocycles. The van der Waals surface area contributed by atoms with Crippen molar-refractivity contribution in [3.63, 3.8) is 0 Å². The molecule has 3 rings (SSSR count). The molecule has 3 aromatic rings. The Kier molecular flexibility index (Phi) is 5.58. The van der Waals surface area contributed by atoms with Gasteiger partial charge in [0.25, 0.3) is 11.8 Å². The van der Waals surface area contributed by atoms with Crippen molar-refractivity contribution >= 4 is 29.2 Å². The number of carbonyl (C=O) groups excluding carboxylic acids is 3. The van der Waals surface area contributed by atoms with E-state index in [4.69, 9.17) is 11.6 Å². The normalized spacial score (nSPS) is 10.1. The second kappa shape index (κ2) is 8.25. The number of nitrogens with one attached hydrogen (secondary N) is 2. The van der Waals surface area contributed by atoms with Crippen molar-refractivity contribution in [2.75, 3.05) is 0 Å². The number of halogens is 1. The van der Waals surface area contributed by atoms with E-state index < -0.39 is 11.8 Å². The summed E-state index contributed by atoms with van der Waals surface area (Å²) in [6.07, 6.45) is 2.91. The molecule has 2 amide bonds. The molecule has 7 heteroatoms. The molecule has 134 valence electrons. The van der Waals surface area contributed by atoms with Gasteiger partial charge in [-0.15, -0.1) is 0 Å². The van der Waals surface area contributed by atoms with E-state index in [0.717, 1.165) is 0 Å². The van der Waals surface area contributed by atoms with Crippen LogP contribution in [0, 0.1) is 0 Å². The van der Waals surface area contributed by atoms with Crippen LogP contribution in [0.4, 0.5) is 0 Å². The molecule has 0 fully saturated rings. The first kappa shape index (κ1) is 18.3. The Morgan fingerprint density at radius 1 is 0.741 bits per heavy atom. The number of pyridine rings is 1. The van der Waals surface area contributed by atoms with Gasteiger partial charge in [-0.25, -0.2) is 0 Å². The number of amides is 2. The first-order chi connectivity index (χ1) is 13.1. The zero-order chi connectivity index (χ0) is 19.2. The lowest BCUT2D eigenvalue weighted by Crippen LogP contribution is -2.42. The number of ketones is 1. The number of hydrogen-bond donors (Lipinski definition) is 2. The van der Waals surface area contributed by atoms with E-state index in [1.165, 1.54) is 18.5 Å². The lowest BCUT2D eigenvalue weighted by molar-refractivity contribution is 0.0844. The van der Waals surface area contributed by atoms with Crippen LogP contribution in [0.3, 0.4) is 0 Å². The quantitative estimate of drug-likeness (QED) is 0.538. The van der Waals surface area contributed by atoms with E-state index in [-0.39, 0.29) is 16.9 Å². The fourth-order valence-corrected chi connectivity index (χ4v) is 2.51. The monoisotopic (exact) mass is 379 g/mol. The molecule has 1 heterocycles. The van der Waals surface area contributed by atoms with Crippen LogP contribution >= 0.6 is 11.6 Å². The lowest BCUT2D eigenvalue weighted by atomic mass is 9.98. The summed E-state index contributed by atoms with van der Waals surface area (Å²) in [5.41, 5.74) is 5.67. The number of benzene rings is 2. The molecule has 1 aromatic heterocycles. The molecule has 2 aromatic carbocycles. The van der Waals surface area contributed by atoms with E-state index in [1.807, 2.05) is 0 Å². The van der Waals surface area contributed by atoms with Crippen molar-refractivity contribution in [1.82, 2.24) is 15.8 Å². The SMILES string of the molecule is O=C(NNC(=O)c1ccccc1C(=O)c1ccc(Cl)cc1)c1cccnc1. The van der Waals surface area contributed by atoms with E-state index >= 15 is 0 Å². The lowest BCUT2D eigenvalue weighted by Gasteiger charge is -2.10. The minimum atomic E-state index is -0.606. The third kappa shape index (κ3) is 4.37. The Balaban J connectivity index is 1.77. The van der Waals surface area contributed by atoms with Gasteiger partial charge in [0, 0.05) is 28.5 Å². The first-order valence-corrected chi connectivity index (χ1v) is 8.34.